The van der Waals surface area contributed by atoms with Crippen molar-refractivity contribution in [3.8, 4) is 0 Å². The lowest BCUT2D eigenvalue weighted by Crippen LogP contribution is -2.36. The number of ether oxygens (including phenoxy) is 1. The first-order valence-corrected chi connectivity index (χ1v) is 7.68. The molecule has 1 spiro atoms. The minimum Gasteiger partial charge on any atom is -0.425 e. The summed E-state index contributed by atoms with van der Waals surface area (Å²) in [7, 11) is 0. The average Bonchev–Trinajstić information content (AvgIpc) is 3.05. The maximum atomic E-state index is 11.8. The van der Waals surface area contributed by atoms with Gasteiger partial charge in [0.1, 0.15) is 0 Å². The van der Waals surface area contributed by atoms with Crippen LogP contribution in [0.4, 0.5) is 0 Å². The first kappa shape index (κ1) is 14.5. The van der Waals surface area contributed by atoms with Crippen molar-refractivity contribution in [1.82, 2.24) is 15.1 Å². The zero-order chi connectivity index (χ0) is 15.0. The quantitative estimate of drug-likeness (QED) is 0.833. The average molecular weight is 293 g/mol. The Hall–Kier alpha value is -1.43. The van der Waals surface area contributed by atoms with Crippen LogP contribution in [0.25, 0.3) is 0 Å². The molecule has 1 unspecified atom stereocenters. The zero-order valence-corrected chi connectivity index (χ0v) is 13.0. The SMILES string of the molecule is CC(=O)N1CC(c2nnc(C(C)C)o2)C2(CCOCC2)C1. The van der Waals surface area contributed by atoms with Gasteiger partial charge in [-0.25, -0.2) is 0 Å². The molecular weight excluding hydrogens is 270 g/mol. The molecular formula is C15H23N3O3. The largest absolute Gasteiger partial charge is 0.425 e. The molecule has 0 aromatic carbocycles. The molecule has 0 radical (unpaired) electrons. The van der Waals surface area contributed by atoms with Gasteiger partial charge in [-0.1, -0.05) is 13.8 Å². The molecule has 2 fully saturated rings. The van der Waals surface area contributed by atoms with Gasteiger partial charge in [0.05, 0.1) is 5.92 Å². The maximum Gasteiger partial charge on any atom is 0.222 e. The molecule has 3 rings (SSSR count). The summed E-state index contributed by atoms with van der Waals surface area (Å²) in [5.41, 5.74) is 0.0324. The van der Waals surface area contributed by atoms with E-state index in [0.29, 0.717) is 18.3 Å². The van der Waals surface area contributed by atoms with Crippen LogP contribution < -0.4 is 0 Å². The summed E-state index contributed by atoms with van der Waals surface area (Å²) in [6, 6.07) is 0. The van der Waals surface area contributed by atoms with Crippen LogP contribution >= 0.6 is 0 Å². The molecule has 6 nitrogen and oxygen atoms in total. The standard InChI is InChI=1S/C15H23N3O3/c1-10(2)13-16-17-14(21-13)12-8-18(11(3)19)9-15(12)4-6-20-7-5-15/h10,12H,4-9H2,1-3H3. The lowest BCUT2D eigenvalue weighted by Gasteiger charge is -2.36. The third kappa shape index (κ3) is 2.57. The Morgan fingerprint density at radius 3 is 2.62 bits per heavy atom. The van der Waals surface area contributed by atoms with E-state index in [1.165, 1.54) is 0 Å². The normalized spacial score (nSPS) is 25.0. The van der Waals surface area contributed by atoms with Gasteiger partial charge in [-0.3, -0.25) is 4.79 Å². The Labute approximate surface area is 124 Å². The van der Waals surface area contributed by atoms with Crippen LogP contribution in [-0.4, -0.2) is 47.3 Å². The first-order chi connectivity index (χ1) is 10.0. The minimum atomic E-state index is 0.0324. The summed E-state index contributed by atoms with van der Waals surface area (Å²) in [4.78, 5) is 13.7. The highest BCUT2D eigenvalue weighted by atomic mass is 16.5. The summed E-state index contributed by atoms with van der Waals surface area (Å²) in [6.45, 7) is 8.64. The smallest absolute Gasteiger partial charge is 0.222 e. The molecule has 21 heavy (non-hydrogen) atoms. The van der Waals surface area contributed by atoms with Crippen LogP contribution in [0, 0.1) is 5.41 Å². The van der Waals surface area contributed by atoms with Crippen LogP contribution in [0.1, 0.15) is 57.2 Å². The Kier molecular flexibility index (Phi) is 3.73. The number of hydrogen-bond acceptors (Lipinski definition) is 5. The van der Waals surface area contributed by atoms with Crippen LogP contribution in [-0.2, 0) is 9.53 Å². The molecule has 2 aliphatic heterocycles. The highest BCUT2D eigenvalue weighted by Crippen LogP contribution is 2.49. The second-order valence-electron chi connectivity index (χ2n) is 6.56. The van der Waals surface area contributed by atoms with E-state index in [2.05, 4.69) is 10.2 Å². The van der Waals surface area contributed by atoms with Gasteiger partial charge < -0.3 is 14.1 Å². The summed E-state index contributed by atoms with van der Waals surface area (Å²) in [5, 5.41) is 8.42. The molecule has 1 aromatic rings. The molecule has 0 bridgehead atoms. The van der Waals surface area contributed by atoms with E-state index in [0.717, 1.165) is 32.6 Å². The predicted molar refractivity (Wildman–Crippen MR) is 75.9 cm³/mol. The van der Waals surface area contributed by atoms with Gasteiger partial charge in [-0.2, -0.15) is 0 Å². The molecule has 0 N–H and O–H groups in total. The van der Waals surface area contributed by atoms with E-state index < -0.39 is 0 Å². The molecule has 0 saturated carbocycles. The molecule has 1 atom stereocenters. The van der Waals surface area contributed by atoms with Gasteiger partial charge in [-0.05, 0) is 12.8 Å². The van der Waals surface area contributed by atoms with Gasteiger partial charge in [-0.15, -0.1) is 10.2 Å². The van der Waals surface area contributed by atoms with Gasteiger partial charge in [0.15, 0.2) is 0 Å². The van der Waals surface area contributed by atoms with Crippen molar-refractivity contribution in [2.75, 3.05) is 26.3 Å². The second-order valence-corrected chi connectivity index (χ2v) is 6.56. The molecule has 2 saturated heterocycles. The van der Waals surface area contributed by atoms with Gasteiger partial charge >= 0.3 is 0 Å². The highest BCUT2D eigenvalue weighted by molar-refractivity contribution is 5.73. The fourth-order valence-corrected chi connectivity index (χ4v) is 3.45. The van der Waals surface area contributed by atoms with Crippen molar-refractivity contribution in [2.24, 2.45) is 5.41 Å². The summed E-state index contributed by atoms with van der Waals surface area (Å²) >= 11 is 0. The van der Waals surface area contributed by atoms with Crippen molar-refractivity contribution in [3.63, 3.8) is 0 Å². The summed E-state index contributed by atoms with van der Waals surface area (Å²) in [6.07, 6.45) is 1.89. The van der Waals surface area contributed by atoms with Gasteiger partial charge in [0, 0.05) is 44.6 Å². The molecule has 1 amide bonds. The van der Waals surface area contributed by atoms with Crippen LogP contribution in [0.3, 0.4) is 0 Å². The monoisotopic (exact) mass is 293 g/mol. The van der Waals surface area contributed by atoms with Crippen molar-refractivity contribution in [2.45, 2.75) is 45.4 Å². The van der Waals surface area contributed by atoms with Gasteiger partial charge in [0.2, 0.25) is 17.7 Å². The van der Waals surface area contributed by atoms with Crippen molar-refractivity contribution < 1.29 is 13.9 Å². The summed E-state index contributed by atoms with van der Waals surface area (Å²) < 4.78 is 11.4. The number of likely N-dealkylation sites (tertiary alicyclic amines) is 1. The summed E-state index contributed by atoms with van der Waals surface area (Å²) in [5.74, 6) is 1.83. The topological polar surface area (TPSA) is 68.5 Å². The van der Waals surface area contributed by atoms with Gasteiger partial charge in [0.25, 0.3) is 0 Å². The van der Waals surface area contributed by atoms with Crippen molar-refractivity contribution >= 4 is 5.91 Å². The maximum absolute atomic E-state index is 11.8. The fraction of sp³-hybridized carbons (Fsp3) is 0.800. The minimum absolute atomic E-state index is 0.0324. The van der Waals surface area contributed by atoms with E-state index in [1.54, 1.807) is 6.92 Å². The molecule has 2 aliphatic rings. The number of nitrogens with zero attached hydrogens (tertiary/aromatic N) is 3. The number of carbonyl (C=O) groups is 1. The molecule has 1 aromatic heterocycles. The number of amides is 1. The molecule has 0 aliphatic carbocycles. The lowest BCUT2D eigenvalue weighted by molar-refractivity contribution is -0.128. The fourth-order valence-electron chi connectivity index (χ4n) is 3.45. The lowest BCUT2D eigenvalue weighted by atomic mass is 9.72. The van der Waals surface area contributed by atoms with E-state index >= 15 is 0 Å². The van der Waals surface area contributed by atoms with Crippen molar-refractivity contribution in [3.05, 3.63) is 11.8 Å². The van der Waals surface area contributed by atoms with Crippen LogP contribution in [0.5, 0.6) is 0 Å². The molecule has 3 heterocycles. The Bertz CT molecular complexity index is 520. The van der Waals surface area contributed by atoms with Crippen molar-refractivity contribution in [1.29, 1.82) is 0 Å². The molecule has 6 heteroatoms. The Morgan fingerprint density at radius 1 is 1.33 bits per heavy atom. The Balaban J connectivity index is 1.90. The molecule has 116 valence electrons. The first-order valence-electron chi connectivity index (χ1n) is 7.68. The van der Waals surface area contributed by atoms with Crippen LogP contribution in [0.2, 0.25) is 0 Å². The van der Waals surface area contributed by atoms with E-state index in [4.69, 9.17) is 9.15 Å². The van der Waals surface area contributed by atoms with E-state index in [9.17, 15) is 4.79 Å². The predicted octanol–water partition coefficient (Wildman–Crippen LogP) is 1.94. The van der Waals surface area contributed by atoms with E-state index in [-0.39, 0.29) is 23.2 Å². The van der Waals surface area contributed by atoms with E-state index in [1.807, 2.05) is 18.7 Å². The number of rotatable bonds is 2. The number of hydrogen-bond donors (Lipinski definition) is 0. The van der Waals surface area contributed by atoms with Crippen LogP contribution in [0.15, 0.2) is 4.42 Å². The zero-order valence-electron chi connectivity index (χ0n) is 13.0. The Morgan fingerprint density at radius 2 is 2.05 bits per heavy atom. The third-order valence-electron chi connectivity index (χ3n) is 4.83. The highest BCUT2D eigenvalue weighted by Gasteiger charge is 2.51. The number of carbonyl (C=O) groups excluding carboxylic acids is 1. The second kappa shape index (κ2) is 5.40. The number of aromatic nitrogens is 2. The third-order valence-corrected chi connectivity index (χ3v) is 4.83.